The number of hydrogen-bond acceptors (Lipinski definition) is 5. The van der Waals surface area contributed by atoms with Crippen molar-refractivity contribution in [2.45, 2.75) is 18.7 Å². The Morgan fingerprint density at radius 2 is 1.61 bits per heavy atom. The Bertz CT molecular complexity index is 1210. The lowest BCUT2D eigenvalue weighted by atomic mass is 10.0. The number of aryl methyl sites for hydroxylation is 2. The molecule has 1 aliphatic heterocycles. The topological polar surface area (TPSA) is 66.4 Å². The summed E-state index contributed by atoms with van der Waals surface area (Å²) in [5.74, 6) is -1.25. The lowest BCUT2D eigenvalue weighted by molar-refractivity contribution is 0.381. The Hall–Kier alpha value is -2.91. The van der Waals surface area contributed by atoms with Gasteiger partial charge in [-0.2, -0.15) is 4.31 Å². The van der Waals surface area contributed by atoms with E-state index in [2.05, 4.69) is 16.3 Å². The predicted octanol–water partition coefficient (Wildman–Crippen LogP) is 3.55. The summed E-state index contributed by atoms with van der Waals surface area (Å²) in [7, 11) is -4.04. The van der Waals surface area contributed by atoms with Gasteiger partial charge < -0.3 is 4.90 Å². The molecule has 1 fully saturated rings. The first-order valence-electron chi connectivity index (χ1n) is 9.87. The molecule has 9 heteroatoms. The normalized spacial score (nSPS) is 15.3. The third-order valence-electron chi connectivity index (χ3n) is 5.38. The highest BCUT2D eigenvalue weighted by molar-refractivity contribution is 7.89. The number of rotatable bonds is 4. The van der Waals surface area contributed by atoms with Crippen molar-refractivity contribution in [1.29, 1.82) is 0 Å². The standard InChI is InChI=1S/C22H22F2N4O2S/c1-15-3-5-18(16(2)13-15)20-6-8-22(26-25-20)27-9-11-28(12-10-27)31(29,30)21-7-4-17(23)14-19(21)24/h3-8,13-14H,9-12H2,1-2H3. The summed E-state index contributed by atoms with van der Waals surface area (Å²) in [5, 5.41) is 8.66. The van der Waals surface area contributed by atoms with Gasteiger partial charge in [-0.1, -0.05) is 23.8 Å². The van der Waals surface area contributed by atoms with Crippen LogP contribution >= 0.6 is 0 Å². The van der Waals surface area contributed by atoms with Gasteiger partial charge in [0.15, 0.2) is 5.82 Å². The quantitative estimate of drug-likeness (QED) is 0.616. The second-order valence-electron chi connectivity index (χ2n) is 7.56. The molecule has 0 N–H and O–H groups in total. The van der Waals surface area contributed by atoms with Crippen LogP contribution in [0.2, 0.25) is 0 Å². The van der Waals surface area contributed by atoms with Crippen LogP contribution in [0, 0.1) is 25.5 Å². The molecule has 0 saturated carbocycles. The molecular weight excluding hydrogens is 422 g/mol. The van der Waals surface area contributed by atoms with E-state index in [1.807, 2.05) is 43.0 Å². The van der Waals surface area contributed by atoms with Gasteiger partial charge in [0.25, 0.3) is 0 Å². The van der Waals surface area contributed by atoms with Gasteiger partial charge >= 0.3 is 0 Å². The fourth-order valence-electron chi connectivity index (χ4n) is 3.72. The van der Waals surface area contributed by atoms with Crippen LogP contribution in [0.1, 0.15) is 11.1 Å². The summed E-state index contributed by atoms with van der Waals surface area (Å²) in [4.78, 5) is 1.42. The summed E-state index contributed by atoms with van der Waals surface area (Å²) in [6, 6.07) is 12.4. The highest BCUT2D eigenvalue weighted by atomic mass is 32.2. The molecule has 0 radical (unpaired) electrons. The zero-order valence-corrected chi connectivity index (χ0v) is 18.0. The number of benzene rings is 2. The Kier molecular flexibility index (Phi) is 5.72. The van der Waals surface area contributed by atoms with Gasteiger partial charge in [0.1, 0.15) is 16.5 Å². The maximum absolute atomic E-state index is 14.0. The second kappa shape index (κ2) is 8.32. The monoisotopic (exact) mass is 444 g/mol. The third-order valence-corrected chi connectivity index (χ3v) is 7.31. The van der Waals surface area contributed by atoms with Gasteiger partial charge in [-0.05, 0) is 43.7 Å². The van der Waals surface area contributed by atoms with Gasteiger partial charge in [-0.15, -0.1) is 10.2 Å². The van der Waals surface area contributed by atoms with Crippen LogP contribution in [0.3, 0.4) is 0 Å². The summed E-state index contributed by atoms with van der Waals surface area (Å²) in [5.41, 5.74) is 4.09. The molecule has 1 aliphatic rings. The highest BCUT2D eigenvalue weighted by Crippen LogP contribution is 2.25. The van der Waals surface area contributed by atoms with E-state index in [4.69, 9.17) is 0 Å². The molecule has 0 aliphatic carbocycles. The van der Waals surface area contributed by atoms with E-state index >= 15 is 0 Å². The number of nitrogens with zero attached hydrogens (tertiary/aromatic N) is 4. The van der Waals surface area contributed by atoms with Crippen molar-refractivity contribution in [3.63, 3.8) is 0 Å². The number of hydrogen-bond donors (Lipinski definition) is 0. The van der Waals surface area contributed by atoms with Crippen molar-refractivity contribution in [3.8, 4) is 11.3 Å². The van der Waals surface area contributed by atoms with Gasteiger partial charge in [0.2, 0.25) is 10.0 Å². The molecule has 2 aromatic carbocycles. The van der Waals surface area contributed by atoms with Gasteiger partial charge in [0.05, 0.1) is 5.69 Å². The zero-order valence-electron chi connectivity index (χ0n) is 17.2. The lowest BCUT2D eigenvalue weighted by Gasteiger charge is -2.34. The molecule has 0 atom stereocenters. The minimum absolute atomic E-state index is 0.166. The average Bonchev–Trinajstić information content (AvgIpc) is 2.74. The molecule has 0 amide bonds. The largest absolute Gasteiger partial charge is 0.352 e. The molecule has 0 bridgehead atoms. The molecular formula is C22H22F2N4O2S. The van der Waals surface area contributed by atoms with Gasteiger partial charge in [0, 0.05) is 37.8 Å². The third kappa shape index (κ3) is 4.28. The predicted molar refractivity (Wildman–Crippen MR) is 114 cm³/mol. The van der Waals surface area contributed by atoms with Crippen LogP contribution in [0.5, 0.6) is 0 Å². The van der Waals surface area contributed by atoms with E-state index in [0.29, 0.717) is 25.0 Å². The van der Waals surface area contributed by atoms with Crippen LogP contribution in [-0.2, 0) is 10.0 Å². The molecule has 6 nitrogen and oxygen atoms in total. The lowest BCUT2D eigenvalue weighted by Crippen LogP contribution is -2.49. The zero-order chi connectivity index (χ0) is 22.2. The van der Waals surface area contributed by atoms with Crippen molar-refractivity contribution in [1.82, 2.24) is 14.5 Å². The number of sulfonamides is 1. The molecule has 0 spiro atoms. The second-order valence-corrected chi connectivity index (χ2v) is 9.47. The van der Waals surface area contributed by atoms with Crippen LogP contribution < -0.4 is 4.90 Å². The fraction of sp³-hybridized carbons (Fsp3) is 0.273. The first-order valence-corrected chi connectivity index (χ1v) is 11.3. The van der Waals surface area contributed by atoms with E-state index < -0.39 is 26.6 Å². The van der Waals surface area contributed by atoms with Gasteiger partial charge in [-0.25, -0.2) is 17.2 Å². The Morgan fingerprint density at radius 1 is 0.871 bits per heavy atom. The van der Waals surface area contributed by atoms with Crippen molar-refractivity contribution in [2.24, 2.45) is 0 Å². The summed E-state index contributed by atoms with van der Waals surface area (Å²) < 4.78 is 53.8. The highest BCUT2D eigenvalue weighted by Gasteiger charge is 2.31. The first kappa shape index (κ1) is 21.3. The van der Waals surface area contributed by atoms with E-state index in [0.717, 1.165) is 29.0 Å². The molecule has 3 aromatic rings. The van der Waals surface area contributed by atoms with Crippen molar-refractivity contribution < 1.29 is 17.2 Å². The van der Waals surface area contributed by atoms with Crippen LogP contribution in [0.25, 0.3) is 11.3 Å². The first-order chi connectivity index (χ1) is 14.8. The Balaban J connectivity index is 1.46. The maximum Gasteiger partial charge on any atom is 0.246 e. The number of piperazine rings is 1. The molecule has 31 heavy (non-hydrogen) atoms. The van der Waals surface area contributed by atoms with E-state index in [9.17, 15) is 17.2 Å². The molecule has 4 rings (SSSR count). The van der Waals surface area contributed by atoms with E-state index in [1.54, 1.807) is 0 Å². The number of anilines is 1. The Labute approximate surface area is 180 Å². The average molecular weight is 445 g/mol. The maximum atomic E-state index is 14.0. The minimum atomic E-state index is -4.04. The van der Waals surface area contributed by atoms with Crippen LogP contribution in [0.15, 0.2) is 53.4 Å². The van der Waals surface area contributed by atoms with Crippen molar-refractivity contribution in [2.75, 3.05) is 31.1 Å². The summed E-state index contributed by atoms with van der Waals surface area (Å²) in [6.45, 7) is 5.18. The van der Waals surface area contributed by atoms with Crippen LogP contribution in [0.4, 0.5) is 14.6 Å². The number of aromatic nitrogens is 2. The van der Waals surface area contributed by atoms with E-state index in [1.165, 1.54) is 9.87 Å². The fourth-order valence-corrected chi connectivity index (χ4v) is 5.19. The van der Waals surface area contributed by atoms with E-state index in [-0.39, 0.29) is 13.1 Å². The SMILES string of the molecule is Cc1ccc(-c2ccc(N3CCN(S(=O)(=O)c4ccc(F)cc4F)CC3)nn2)c(C)c1. The number of halogens is 2. The molecule has 2 heterocycles. The van der Waals surface area contributed by atoms with Crippen molar-refractivity contribution >= 4 is 15.8 Å². The summed E-state index contributed by atoms with van der Waals surface area (Å²) in [6.07, 6.45) is 0. The molecule has 162 valence electrons. The van der Waals surface area contributed by atoms with Gasteiger partial charge in [-0.3, -0.25) is 0 Å². The smallest absolute Gasteiger partial charge is 0.246 e. The summed E-state index contributed by atoms with van der Waals surface area (Å²) >= 11 is 0. The van der Waals surface area contributed by atoms with Crippen LogP contribution in [-0.4, -0.2) is 49.1 Å². The molecule has 1 aromatic heterocycles. The molecule has 0 unspecified atom stereocenters. The van der Waals surface area contributed by atoms with Crippen molar-refractivity contribution in [3.05, 3.63) is 71.3 Å². The Morgan fingerprint density at radius 3 is 2.23 bits per heavy atom. The molecule has 1 saturated heterocycles. The minimum Gasteiger partial charge on any atom is -0.352 e.